The van der Waals surface area contributed by atoms with E-state index in [0.29, 0.717) is 19.0 Å². The standard InChI is InChI=1S/C25H27FO3Si/c1-25(2,3)30(21-10-6-4-7-11-21,22-12-8-5-9-13-22)29-24-15-14-19(16-23(24)26)27-17-20-18-28-20/h4-16,20H,17-18H2,1-3H3/t20-/m1/s1. The van der Waals surface area contributed by atoms with Crippen LogP contribution in [0.25, 0.3) is 0 Å². The summed E-state index contributed by atoms with van der Waals surface area (Å²) in [4.78, 5) is 0. The summed E-state index contributed by atoms with van der Waals surface area (Å²) in [6, 6.07) is 25.3. The molecule has 1 heterocycles. The number of hydrogen-bond donors (Lipinski definition) is 0. The first kappa shape index (κ1) is 20.6. The predicted molar refractivity (Wildman–Crippen MR) is 120 cm³/mol. The van der Waals surface area contributed by atoms with E-state index >= 15 is 4.39 Å². The SMILES string of the molecule is CC(C)(C)[Si](Oc1ccc(OC[C@@H]2CO2)cc1F)(c1ccccc1)c1ccccc1. The van der Waals surface area contributed by atoms with Gasteiger partial charge in [0.25, 0.3) is 0 Å². The average Bonchev–Trinajstić information content (AvgIpc) is 3.57. The summed E-state index contributed by atoms with van der Waals surface area (Å²) < 4.78 is 32.6. The molecule has 0 aliphatic carbocycles. The van der Waals surface area contributed by atoms with E-state index in [4.69, 9.17) is 13.9 Å². The minimum absolute atomic E-state index is 0.126. The Kier molecular flexibility index (Phi) is 5.67. The second-order valence-electron chi connectivity index (χ2n) is 8.62. The second-order valence-corrected chi connectivity index (χ2v) is 12.8. The lowest BCUT2D eigenvalue weighted by Crippen LogP contribution is -2.68. The topological polar surface area (TPSA) is 31.0 Å². The minimum Gasteiger partial charge on any atom is -0.532 e. The lowest BCUT2D eigenvalue weighted by molar-refractivity contribution is 0.262. The van der Waals surface area contributed by atoms with Gasteiger partial charge < -0.3 is 13.9 Å². The van der Waals surface area contributed by atoms with Crippen molar-refractivity contribution in [1.29, 1.82) is 0 Å². The van der Waals surface area contributed by atoms with Crippen LogP contribution in [-0.2, 0) is 4.74 Å². The Morgan fingerprint density at radius 2 is 1.50 bits per heavy atom. The average molecular weight is 423 g/mol. The van der Waals surface area contributed by atoms with E-state index in [-0.39, 0.29) is 16.9 Å². The third kappa shape index (κ3) is 4.13. The van der Waals surface area contributed by atoms with Crippen LogP contribution in [0.3, 0.4) is 0 Å². The van der Waals surface area contributed by atoms with Crippen LogP contribution in [-0.4, -0.2) is 27.6 Å². The Morgan fingerprint density at radius 3 is 1.97 bits per heavy atom. The number of rotatable bonds is 7. The van der Waals surface area contributed by atoms with Crippen molar-refractivity contribution in [3.63, 3.8) is 0 Å². The summed E-state index contributed by atoms with van der Waals surface area (Å²) in [6.45, 7) is 7.66. The highest BCUT2D eigenvalue weighted by molar-refractivity contribution is 7.00. The molecule has 0 amide bonds. The first-order chi connectivity index (χ1) is 14.4. The molecule has 0 N–H and O–H groups in total. The molecule has 1 saturated heterocycles. The molecule has 3 nitrogen and oxygen atoms in total. The van der Waals surface area contributed by atoms with Crippen LogP contribution in [0.1, 0.15) is 20.8 Å². The zero-order valence-electron chi connectivity index (χ0n) is 17.6. The molecule has 4 rings (SSSR count). The maximum atomic E-state index is 15.1. The van der Waals surface area contributed by atoms with Gasteiger partial charge in [0.1, 0.15) is 24.2 Å². The van der Waals surface area contributed by atoms with Crippen LogP contribution in [0.15, 0.2) is 78.9 Å². The van der Waals surface area contributed by atoms with Gasteiger partial charge in [-0.2, -0.15) is 0 Å². The van der Waals surface area contributed by atoms with E-state index in [1.807, 2.05) is 36.4 Å². The Bertz CT molecular complexity index is 943. The third-order valence-electron chi connectivity index (χ3n) is 5.42. The summed E-state index contributed by atoms with van der Waals surface area (Å²) in [5.41, 5.74) is 0. The summed E-state index contributed by atoms with van der Waals surface area (Å²) in [5.74, 6) is 0.314. The van der Waals surface area contributed by atoms with Crippen LogP contribution >= 0.6 is 0 Å². The fourth-order valence-corrected chi connectivity index (χ4v) is 8.25. The fourth-order valence-electron chi connectivity index (χ4n) is 3.82. The Hall–Kier alpha value is -2.63. The van der Waals surface area contributed by atoms with Crippen LogP contribution in [0.4, 0.5) is 4.39 Å². The molecule has 0 spiro atoms. The highest BCUT2D eigenvalue weighted by atomic mass is 28.4. The highest BCUT2D eigenvalue weighted by Gasteiger charge is 2.52. The van der Waals surface area contributed by atoms with Gasteiger partial charge in [-0.05, 0) is 27.5 Å². The molecular weight excluding hydrogens is 395 g/mol. The van der Waals surface area contributed by atoms with Crippen molar-refractivity contribution in [2.24, 2.45) is 0 Å². The van der Waals surface area contributed by atoms with Crippen molar-refractivity contribution in [1.82, 2.24) is 0 Å². The van der Waals surface area contributed by atoms with Crippen molar-refractivity contribution in [2.75, 3.05) is 13.2 Å². The molecule has 30 heavy (non-hydrogen) atoms. The van der Waals surface area contributed by atoms with E-state index < -0.39 is 14.1 Å². The molecule has 1 aliphatic rings. The monoisotopic (exact) mass is 422 g/mol. The second kappa shape index (κ2) is 8.24. The Balaban J connectivity index is 1.77. The molecule has 3 aromatic rings. The summed E-state index contributed by atoms with van der Waals surface area (Å²) >= 11 is 0. The summed E-state index contributed by atoms with van der Waals surface area (Å²) in [7, 11) is -2.87. The molecule has 1 fully saturated rings. The van der Waals surface area contributed by atoms with E-state index in [2.05, 4.69) is 45.0 Å². The molecule has 0 aromatic heterocycles. The maximum absolute atomic E-state index is 15.1. The quantitative estimate of drug-likeness (QED) is 0.414. The van der Waals surface area contributed by atoms with Gasteiger partial charge >= 0.3 is 8.32 Å². The predicted octanol–water partition coefficient (Wildman–Crippen LogP) is 4.54. The Labute approximate surface area is 178 Å². The van der Waals surface area contributed by atoms with Gasteiger partial charge in [-0.1, -0.05) is 81.4 Å². The van der Waals surface area contributed by atoms with Gasteiger partial charge in [0.2, 0.25) is 0 Å². The van der Waals surface area contributed by atoms with E-state index in [9.17, 15) is 0 Å². The lowest BCUT2D eigenvalue weighted by Gasteiger charge is -2.43. The van der Waals surface area contributed by atoms with E-state index in [1.165, 1.54) is 6.07 Å². The van der Waals surface area contributed by atoms with Crippen molar-refractivity contribution >= 4 is 18.7 Å². The van der Waals surface area contributed by atoms with E-state index in [1.54, 1.807) is 12.1 Å². The zero-order chi connectivity index (χ0) is 21.2. The van der Waals surface area contributed by atoms with Crippen LogP contribution in [0, 0.1) is 5.82 Å². The molecular formula is C25H27FO3Si. The van der Waals surface area contributed by atoms with E-state index in [0.717, 1.165) is 10.4 Å². The van der Waals surface area contributed by atoms with Gasteiger partial charge in [-0.25, -0.2) is 4.39 Å². The van der Waals surface area contributed by atoms with Gasteiger partial charge in [0.05, 0.1) is 6.61 Å². The largest absolute Gasteiger partial charge is 0.532 e. The number of hydrogen-bond acceptors (Lipinski definition) is 3. The molecule has 1 atom stereocenters. The fraction of sp³-hybridized carbons (Fsp3) is 0.280. The minimum atomic E-state index is -2.87. The Morgan fingerprint density at radius 1 is 0.933 bits per heavy atom. The molecule has 0 unspecified atom stereocenters. The molecule has 0 saturated carbocycles. The van der Waals surface area contributed by atoms with Crippen LogP contribution < -0.4 is 19.5 Å². The van der Waals surface area contributed by atoms with Gasteiger partial charge in [-0.15, -0.1) is 0 Å². The zero-order valence-corrected chi connectivity index (χ0v) is 18.6. The molecule has 0 radical (unpaired) electrons. The first-order valence-electron chi connectivity index (χ1n) is 10.2. The van der Waals surface area contributed by atoms with Crippen molar-refractivity contribution in [3.8, 4) is 11.5 Å². The summed E-state index contributed by atoms with van der Waals surface area (Å²) in [6.07, 6.45) is 0.126. The third-order valence-corrected chi connectivity index (χ3v) is 10.4. The number of benzene rings is 3. The summed E-state index contributed by atoms with van der Waals surface area (Å²) in [5, 5.41) is 1.98. The normalized spacial score (nSPS) is 16.2. The number of halogens is 1. The van der Waals surface area contributed by atoms with Crippen molar-refractivity contribution < 1.29 is 18.3 Å². The van der Waals surface area contributed by atoms with Gasteiger partial charge in [-0.3, -0.25) is 0 Å². The molecule has 0 bridgehead atoms. The molecule has 3 aromatic carbocycles. The maximum Gasteiger partial charge on any atom is 0.320 e. The van der Waals surface area contributed by atoms with Gasteiger partial charge in [0.15, 0.2) is 5.82 Å². The smallest absolute Gasteiger partial charge is 0.320 e. The number of epoxide rings is 1. The van der Waals surface area contributed by atoms with Crippen molar-refractivity contribution in [2.45, 2.75) is 31.9 Å². The molecule has 156 valence electrons. The molecule has 1 aliphatic heterocycles. The first-order valence-corrected chi connectivity index (χ1v) is 12.1. The molecule has 5 heteroatoms. The van der Waals surface area contributed by atoms with Crippen LogP contribution in [0.5, 0.6) is 11.5 Å². The number of ether oxygens (including phenoxy) is 2. The van der Waals surface area contributed by atoms with Crippen LogP contribution in [0.2, 0.25) is 5.04 Å². The van der Waals surface area contributed by atoms with Crippen molar-refractivity contribution in [3.05, 3.63) is 84.7 Å². The highest BCUT2D eigenvalue weighted by Crippen LogP contribution is 2.38. The lowest BCUT2D eigenvalue weighted by atomic mass is 10.2. The van der Waals surface area contributed by atoms with Gasteiger partial charge in [0, 0.05) is 6.07 Å².